The summed E-state index contributed by atoms with van der Waals surface area (Å²) in [5.74, 6) is -5.06. The van der Waals surface area contributed by atoms with Gasteiger partial charge < -0.3 is 15.5 Å². The molecule has 2 fully saturated rings. The molecule has 5 rings (SSSR count). The maximum atomic E-state index is 14.3. The number of aliphatic hydroxyl groups excluding tert-OH is 1. The molecule has 3 unspecified atom stereocenters. The fourth-order valence-corrected chi connectivity index (χ4v) is 8.28. The number of nitrogens with zero attached hydrogens (tertiary/aromatic N) is 1. The smallest absolute Gasteiger partial charge is 0.255 e. The van der Waals surface area contributed by atoms with E-state index in [0.29, 0.717) is 12.8 Å². The third-order valence-electron chi connectivity index (χ3n) is 7.87. The van der Waals surface area contributed by atoms with Gasteiger partial charge in [-0.15, -0.1) is 0 Å². The van der Waals surface area contributed by atoms with Gasteiger partial charge in [0.15, 0.2) is 21.5 Å². The number of hydrogen-bond donors (Lipinski definition) is 3. The van der Waals surface area contributed by atoms with E-state index in [0.717, 1.165) is 30.3 Å². The SMILES string of the molecule is O=C(Nc1ccc(F)c(F)c1)c1ccc(Cl)c(S(=O)(=O)C2CC3CCC(C2)C3(O)C(O)c2ncccc2F)c1. The van der Waals surface area contributed by atoms with Crippen molar-refractivity contribution >= 4 is 33.0 Å². The summed E-state index contributed by atoms with van der Waals surface area (Å²) in [7, 11) is -4.11. The molecule has 2 aromatic carbocycles. The molecule has 206 valence electrons. The average Bonchev–Trinajstić information content (AvgIpc) is 3.06. The first-order valence-electron chi connectivity index (χ1n) is 12.2. The zero-order valence-electron chi connectivity index (χ0n) is 20.3. The van der Waals surface area contributed by atoms with E-state index in [1.165, 1.54) is 24.4 Å². The van der Waals surface area contributed by atoms with Gasteiger partial charge in [-0.25, -0.2) is 21.6 Å². The molecule has 1 aromatic heterocycles. The Morgan fingerprint density at radius 1 is 1.03 bits per heavy atom. The fourth-order valence-electron chi connectivity index (χ4n) is 5.88. The van der Waals surface area contributed by atoms with Crippen molar-refractivity contribution in [3.8, 4) is 0 Å². The maximum absolute atomic E-state index is 14.3. The third-order valence-corrected chi connectivity index (χ3v) is 10.5. The molecule has 0 saturated heterocycles. The van der Waals surface area contributed by atoms with Crippen LogP contribution in [0.5, 0.6) is 0 Å². The molecular weight excluding hydrogens is 557 g/mol. The van der Waals surface area contributed by atoms with Crippen LogP contribution in [0.15, 0.2) is 59.6 Å². The van der Waals surface area contributed by atoms with Crippen molar-refractivity contribution in [3.05, 3.63) is 88.5 Å². The van der Waals surface area contributed by atoms with Crippen LogP contribution in [0.2, 0.25) is 5.02 Å². The van der Waals surface area contributed by atoms with Gasteiger partial charge in [-0.1, -0.05) is 11.6 Å². The lowest BCUT2D eigenvalue weighted by atomic mass is 9.70. The van der Waals surface area contributed by atoms with Gasteiger partial charge in [0.2, 0.25) is 0 Å². The van der Waals surface area contributed by atoms with Gasteiger partial charge in [0.1, 0.15) is 23.2 Å². The minimum absolute atomic E-state index is 0.0115. The van der Waals surface area contributed by atoms with Crippen LogP contribution in [-0.4, -0.2) is 40.4 Å². The number of anilines is 1. The molecule has 39 heavy (non-hydrogen) atoms. The number of aliphatic hydroxyl groups is 2. The second kappa shape index (κ2) is 10.2. The van der Waals surface area contributed by atoms with E-state index in [1.807, 2.05) is 0 Å². The Kier molecular flexibility index (Phi) is 7.21. The van der Waals surface area contributed by atoms with Crippen LogP contribution in [0.1, 0.15) is 47.8 Å². The molecule has 0 spiro atoms. The van der Waals surface area contributed by atoms with Crippen LogP contribution in [0.3, 0.4) is 0 Å². The second-order valence-corrected chi connectivity index (χ2v) is 12.6. The van der Waals surface area contributed by atoms with E-state index in [2.05, 4.69) is 10.3 Å². The van der Waals surface area contributed by atoms with Crippen molar-refractivity contribution in [2.24, 2.45) is 11.8 Å². The number of carbonyl (C=O) groups excluding carboxylic acids is 1. The first-order valence-corrected chi connectivity index (χ1v) is 14.2. The van der Waals surface area contributed by atoms with E-state index in [1.54, 1.807) is 0 Å². The zero-order valence-corrected chi connectivity index (χ0v) is 21.9. The molecule has 0 aliphatic heterocycles. The van der Waals surface area contributed by atoms with Crippen LogP contribution in [-0.2, 0) is 9.84 Å². The van der Waals surface area contributed by atoms with Crippen molar-refractivity contribution in [1.82, 2.24) is 4.98 Å². The summed E-state index contributed by atoms with van der Waals surface area (Å²) in [6, 6.07) is 8.98. The highest BCUT2D eigenvalue weighted by atomic mass is 35.5. The lowest BCUT2D eigenvalue weighted by Crippen LogP contribution is -2.52. The van der Waals surface area contributed by atoms with Gasteiger partial charge in [0.05, 0.1) is 15.2 Å². The Morgan fingerprint density at radius 3 is 2.36 bits per heavy atom. The molecule has 0 radical (unpaired) electrons. The predicted molar refractivity (Wildman–Crippen MR) is 136 cm³/mol. The van der Waals surface area contributed by atoms with Crippen LogP contribution in [0.25, 0.3) is 0 Å². The highest BCUT2D eigenvalue weighted by Crippen LogP contribution is 2.56. The maximum Gasteiger partial charge on any atom is 0.255 e. The fraction of sp³-hybridized carbons (Fsp3) is 0.333. The van der Waals surface area contributed by atoms with Crippen LogP contribution >= 0.6 is 11.6 Å². The Balaban J connectivity index is 1.39. The minimum atomic E-state index is -4.11. The molecule has 2 bridgehead atoms. The Labute approximate surface area is 227 Å². The van der Waals surface area contributed by atoms with Crippen molar-refractivity contribution in [2.45, 2.75) is 47.5 Å². The van der Waals surface area contributed by atoms with Crippen LogP contribution in [0.4, 0.5) is 18.9 Å². The molecule has 3 N–H and O–H groups in total. The summed E-state index contributed by atoms with van der Waals surface area (Å²) < 4.78 is 68.5. The van der Waals surface area contributed by atoms with E-state index in [9.17, 15) is 36.6 Å². The van der Waals surface area contributed by atoms with Gasteiger partial charge in [-0.05, 0) is 80.0 Å². The quantitative estimate of drug-likeness (QED) is 0.384. The average molecular weight is 581 g/mol. The van der Waals surface area contributed by atoms with Crippen molar-refractivity contribution in [3.63, 3.8) is 0 Å². The standard InChI is InChI=1S/C27H24ClF3N2O5S/c28-19-7-3-14(26(35)33-17-6-8-20(29)22(31)13-17)10-23(19)39(37,38)18-11-15-4-5-16(12-18)27(15,36)25(34)24-21(30)2-1-9-32-24/h1-3,6-10,13,15-16,18,25,34,36H,4-5,11-12H2,(H,33,35). The van der Waals surface area contributed by atoms with Gasteiger partial charge in [-0.2, -0.15) is 0 Å². The molecule has 2 aliphatic carbocycles. The van der Waals surface area contributed by atoms with E-state index >= 15 is 0 Å². The van der Waals surface area contributed by atoms with E-state index in [4.69, 9.17) is 11.6 Å². The van der Waals surface area contributed by atoms with Crippen molar-refractivity contribution in [1.29, 1.82) is 0 Å². The molecule has 1 amide bonds. The van der Waals surface area contributed by atoms with Gasteiger partial charge in [0, 0.05) is 23.5 Å². The van der Waals surface area contributed by atoms with Crippen LogP contribution < -0.4 is 5.32 Å². The monoisotopic (exact) mass is 580 g/mol. The minimum Gasteiger partial charge on any atom is -0.386 e. The van der Waals surface area contributed by atoms with Gasteiger partial charge >= 0.3 is 0 Å². The van der Waals surface area contributed by atoms with E-state index < -0.39 is 62.0 Å². The summed E-state index contributed by atoms with van der Waals surface area (Å²) in [6.07, 6.45) is 0.518. The largest absolute Gasteiger partial charge is 0.386 e. The number of halogens is 4. The Bertz CT molecular complexity index is 1540. The first-order chi connectivity index (χ1) is 18.4. The predicted octanol–water partition coefficient (Wildman–Crippen LogP) is 4.83. The molecule has 7 nitrogen and oxygen atoms in total. The number of pyridine rings is 1. The van der Waals surface area contributed by atoms with E-state index in [-0.39, 0.29) is 39.7 Å². The third kappa shape index (κ3) is 4.82. The summed E-state index contributed by atoms with van der Waals surface area (Å²) in [6.45, 7) is 0. The number of benzene rings is 2. The number of rotatable bonds is 6. The lowest BCUT2D eigenvalue weighted by Gasteiger charge is -2.45. The molecule has 2 saturated carbocycles. The lowest BCUT2D eigenvalue weighted by molar-refractivity contribution is -0.146. The zero-order chi connectivity index (χ0) is 28.1. The molecular formula is C27H24ClF3N2O5S. The molecule has 2 aliphatic rings. The number of amides is 1. The summed E-state index contributed by atoms with van der Waals surface area (Å²) in [5, 5.41) is 23.8. The summed E-state index contributed by atoms with van der Waals surface area (Å²) >= 11 is 6.25. The van der Waals surface area contributed by atoms with Crippen molar-refractivity contribution < 1.29 is 36.6 Å². The first kappa shape index (κ1) is 27.6. The molecule has 3 atom stereocenters. The normalized spacial score (nSPS) is 25.3. The second-order valence-electron chi connectivity index (χ2n) is 10.00. The highest BCUT2D eigenvalue weighted by molar-refractivity contribution is 7.92. The van der Waals surface area contributed by atoms with Crippen molar-refractivity contribution in [2.75, 3.05) is 5.32 Å². The molecule has 12 heteroatoms. The van der Waals surface area contributed by atoms with Gasteiger partial charge in [-0.3, -0.25) is 9.78 Å². The Hall–Kier alpha value is -2.99. The molecule has 1 heterocycles. The number of hydrogen-bond acceptors (Lipinski definition) is 6. The van der Waals surface area contributed by atoms with Crippen LogP contribution in [0, 0.1) is 29.3 Å². The van der Waals surface area contributed by atoms with Gasteiger partial charge in [0.25, 0.3) is 5.91 Å². The Morgan fingerprint density at radius 2 is 1.72 bits per heavy atom. The number of aromatic nitrogens is 1. The summed E-state index contributed by atoms with van der Waals surface area (Å²) in [5.41, 5.74) is -2.14. The number of sulfone groups is 1. The summed E-state index contributed by atoms with van der Waals surface area (Å²) in [4.78, 5) is 16.4. The number of fused-ring (bicyclic) bond motifs is 2. The molecule has 3 aromatic rings. The number of nitrogens with one attached hydrogen (secondary N) is 1. The number of carbonyl (C=O) groups is 1. The highest BCUT2D eigenvalue weighted by Gasteiger charge is 2.60. The topological polar surface area (TPSA) is 117 Å².